The van der Waals surface area contributed by atoms with Crippen molar-refractivity contribution in [3.8, 4) is 11.5 Å². The third-order valence-electron chi connectivity index (χ3n) is 4.57. The average Bonchev–Trinajstić information content (AvgIpc) is 2.42. The number of fused-ring (bicyclic) bond motifs is 1. The summed E-state index contributed by atoms with van der Waals surface area (Å²) in [4.78, 5) is 0. The van der Waals surface area contributed by atoms with Crippen LogP contribution in [0.2, 0.25) is 0 Å². The predicted octanol–water partition coefficient (Wildman–Crippen LogP) is 2.74. The van der Waals surface area contributed by atoms with Crippen LogP contribution in [0.5, 0.6) is 11.5 Å². The molecule has 0 aromatic heterocycles. The van der Waals surface area contributed by atoms with Crippen molar-refractivity contribution in [2.45, 2.75) is 44.1 Å². The zero-order chi connectivity index (χ0) is 14.8. The molecule has 1 aliphatic rings. The molecule has 0 spiro atoms. The number of phenols is 2. The van der Waals surface area contributed by atoms with Gasteiger partial charge in [0.15, 0.2) is 11.5 Å². The molecule has 4 heteroatoms. The second kappa shape index (κ2) is 5.75. The van der Waals surface area contributed by atoms with E-state index in [0.717, 1.165) is 43.1 Å². The minimum absolute atomic E-state index is 0.0516. The van der Waals surface area contributed by atoms with E-state index in [-0.39, 0.29) is 16.9 Å². The number of phenolic OH excluding ortho intramolecular Hbond substituents is 2. The number of rotatable bonds is 4. The molecule has 0 bridgehead atoms. The Labute approximate surface area is 119 Å². The van der Waals surface area contributed by atoms with E-state index in [0.29, 0.717) is 6.04 Å². The van der Waals surface area contributed by atoms with Gasteiger partial charge in [0.2, 0.25) is 0 Å². The van der Waals surface area contributed by atoms with Gasteiger partial charge in [0, 0.05) is 11.5 Å². The van der Waals surface area contributed by atoms with Crippen LogP contribution in [0.1, 0.15) is 37.3 Å². The number of aryl methyl sites for hydroxylation is 1. The van der Waals surface area contributed by atoms with Crippen molar-refractivity contribution >= 4 is 0 Å². The van der Waals surface area contributed by atoms with Gasteiger partial charge in [0.25, 0.3) is 0 Å². The van der Waals surface area contributed by atoms with Crippen molar-refractivity contribution in [2.24, 2.45) is 0 Å². The molecule has 1 unspecified atom stereocenters. The number of allylic oxidation sites excluding steroid dienone is 1. The van der Waals surface area contributed by atoms with Crippen molar-refractivity contribution in [1.82, 2.24) is 5.32 Å². The fourth-order valence-corrected chi connectivity index (χ4v) is 3.39. The van der Waals surface area contributed by atoms with Gasteiger partial charge in [-0.1, -0.05) is 13.0 Å². The predicted molar refractivity (Wildman–Crippen MR) is 79.3 cm³/mol. The van der Waals surface area contributed by atoms with Crippen LogP contribution in [0, 0.1) is 0 Å². The molecule has 1 aromatic rings. The number of aliphatic hydroxyl groups excluding tert-OH is 1. The van der Waals surface area contributed by atoms with Crippen LogP contribution in [0.15, 0.2) is 24.5 Å². The summed E-state index contributed by atoms with van der Waals surface area (Å²) < 4.78 is 0. The number of hydrogen-bond donors (Lipinski definition) is 4. The highest BCUT2D eigenvalue weighted by atomic mass is 16.3. The first kappa shape index (κ1) is 14.7. The topological polar surface area (TPSA) is 72.7 Å². The van der Waals surface area contributed by atoms with Crippen molar-refractivity contribution < 1.29 is 15.3 Å². The molecule has 2 atom stereocenters. The van der Waals surface area contributed by atoms with Crippen molar-refractivity contribution in [1.29, 1.82) is 0 Å². The van der Waals surface area contributed by atoms with Crippen LogP contribution in [0.3, 0.4) is 0 Å². The van der Waals surface area contributed by atoms with Crippen LogP contribution >= 0.6 is 0 Å². The van der Waals surface area contributed by atoms with E-state index < -0.39 is 0 Å². The monoisotopic (exact) mass is 277 g/mol. The fraction of sp³-hybridized carbons (Fsp3) is 0.500. The SMILES string of the molecule is CN[C@@H]1CCc2cc(O)c(O)cc2C1(C)CC/C=C/O. The fourth-order valence-electron chi connectivity index (χ4n) is 3.39. The van der Waals surface area contributed by atoms with Gasteiger partial charge in [-0.05, 0) is 56.0 Å². The van der Waals surface area contributed by atoms with E-state index in [1.165, 1.54) is 0 Å². The van der Waals surface area contributed by atoms with Gasteiger partial charge in [-0.3, -0.25) is 0 Å². The Hall–Kier alpha value is -1.68. The molecule has 0 aliphatic heterocycles. The van der Waals surface area contributed by atoms with Crippen LogP contribution in [0.25, 0.3) is 0 Å². The van der Waals surface area contributed by atoms with Gasteiger partial charge in [-0.15, -0.1) is 0 Å². The van der Waals surface area contributed by atoms with Crippen molar-refractivity contribution in [2.75, 3.05) is 7.05 Å². The molecule has 0 saturated carbocycles. The largest absolute Gasteiger partial charge is 0.516 e. The van der Waals surface area contributed by atoms with E-state index in [1.54, 1.807) is 18.2 Å². The summed E-state index contributed by atoms with van der Waals surface area (Å²) in [7, 11) is 1.95. The van der Waals surface area contributed by atoms with E-state index in [4.69, 9.17) is 5.11 Å². The van der Waals surface area contributed by atoms with Gasteiger partial charge in [0.05, 0.1) is 6.26 Å². The van der Waals surface area contributed by atoms with Crippen LogP contribution < -0.4 is 5.32 Å². The lowest BCUT2D eigenvalue weighted by Crippen LogP contribution is -2.48. The highest BCUT2D eigenvalue weighted by Crippen LogP contribution is 2.44. The summed E-state index contributed by atoms with van der Waals surface area (Å²) in [5, 5.41) is 31.7. The minimum Gasteiger partial charge on any atom is -0.516 e. The lowest BCUT2D eigenvalue weighted by Gasteiger charge is -2.43. The lowest BCUT2D eigenvalue weighted by molar-refractivity contribution is 0.275. The molecule has 1 aromatic carbocycles. The van der Waals surface area contributed by atoms with Gasteiger partial charge in [-0.25, -0.2) is 0 Å². The molecule has 0 saturated heterocycles. The number of benzene rings is 1. The molecule has 4 N–H and O–H groups in total. The van der Waals surface area contributed by atoms with Gasteiger partial charge < -0.3 is 20.6 Å². The molecule has 2 rings (SSSR count). The maximum absolute atomic E-state index is 9.81. The maximum Gasteiger partial charge on any atom is 0.157 e. The first-order valence-electron chi connectivity index (χ1n) is 7.04. The molecular formula is C16H23NO3. The second-order valence-electron chi connectivity index (χ2n) is 5.72. The van der Waals surface area contributed by atoms with Crippen molar-refractivity contribution in [3.05, 3.63) is 35.6 Å². The van der Waals surface area contributed by atoms with Gasteiger partial charge >= 0.3 is 0 Å². The Kier molecular flexibility index (Phi) is 4.23. The summed E-state index contributed by atoms with van der Waals surface area (Å²) in [5.41, 5.74) is 2.06. The molecule has 0 heterocycles. The number of aliphatic hydroxyl groups is 1. The van der Waals surface area contributed by atoms with E-state index >= 15 is 0 Å². The average molecular weight is 277 g/mol. The Morgan fingerprint density at radius 2 is 2.05 bits per heavy atom. The Morgan fingerprint density at radius 3 is 2.70 bits per heavy atom. The molecular weight excluding hydrogens is 254 g/mol. The number of aromatic hydroxyl groups is 2. The molecule has 20 heavy (non-hydrogen) atoms. The summed E-state index contributed by atoms with van der Waals surface area (Å²) >= 11 is 0. The second-order valence-corrected chi connectivity index (χ2v) is 5.72. The highest BCUT2D eigenvalue weighted by Gasteiger charge is 2.39. The molecule has 0 amide bonds. The summed E-state index contributed by atoms with van der Waals surface area (Å²) in [6, 6.07) is 3.68. The van der Waals surface area contributed by atoms with E-state index in [1.807, 2.05) is 7.05 Å². The lowest BCUT2D eigenvalue weighted by atomic mass is 9.65. The Balaban J connectivity index is 2.44. The quantitative estimate of drug-likeness (QED) is 0.504. The van der Waals surface area contributed by atoms with Crippen LogP contribution in [-0.4, -0.2) is 28.4 Å². The molecule has 1 aliphatic carbocycles. The third kappa shape index (κ3) is 2.48. The van der Waals surface area contributed by atoms with Crippen LogP contribution in [-0.2, 0) is 11.8 Å². The third-order valence-corrected chi connectivity index (χ3v) is 4.57. The summed E-state index contributed by atoms with van der Waals surface area (Å²) in [6.45, 7) is 2.17. The Bertz CT molecular complexity index is 513. The van der Waals surface area contributed by atoms with E-state index in [2.05, 4.69) is 12.2 Å². The molecule has 0 radical (unpaired) electrons. The normalized spacial score (nSPS) is 25.8. The van der Waals surface area contributed by atoms with Gasteiger partial charge in [-0.2, -0.15) is 0 Å². The molecule has 110 valence electrons. The number of hydrogen-bond acceptors (Lipinski definition) is 4. The first-order valence-corrected chi connectivity index (χ1v) is 7.04. The number of nitrogens with one attached hydrogen (secondary N) is 1. The minimum atomic E-state index is -0.132. The smallest absolute Gasteiger partial charge is 0.157 e. The zero-order valence-corrected chi connectivity index (χ0v) is 12.1. The molecule has 4 nitrogen and oxygen atoms in total. The number of likely N-dealkylation sites (N-methyl/N-ethyl adjacent to an activating group) is 1. The first-order chi connectivity index (χ1) is 9.52. The zero-order valence-electron chi connectivity index (χ0n) is 12.1. The van der Waals surface area contributed by atoms with Crippen molar-refractivity contribution in [3.63, 3.8) is 0 Å². The maximum atomic E-state index is 9.81. The highest BCUT2D eigenvalue weighted by molar-refractivity contribution is 5.50. The van der Waals surface area contributed by atoms with Crippen LogP contribution in [0.4, 0.5) is 0 Å². The summed E-state index contributed by atoms with van der Waals surface area (Å²) in [6.07, 6.45) is 6.34. The molecule has 0 fully saturated rings. The Morgan fingerprint density at radius 1 is 1.35 bits per heavy atom. The van der Waals surface area contributed by atoms with E-state index in [9.17, 15) is 10.2 Å². The standard InChI is InChI=1S/C16H23NO3/c1-16(7-3-4-8-18)12-10-14(20)13(19)9-11(12)5-6-15(16)17-2/h4,8-10,15,17-20H,3,5-7H2,1-2H3/b8-4+/t15-,16?/m1/s1. The summed E-state index contributed by atoms with van der Waals surface area (Å²) in [5.74, 6) is -0.117. The van der Waals surface area contributed by atoms with Gasteiger partial charge in [0.1, 0.15) is 0 Å².